The van der Waals surface area contributed by atoms with E-state index in [1.54, 1.807) is 12.1 Å². The Bertz CT molecular complexity index is 1220. The van der Waals surface area contributed by atoms with Gasteiger partial charge in [-0.15, -0.1) is 0 Å². The zero-order chi connectivity index (χ0) is 26.5. The van der Waals surface area contributed by atoms with E-state index in [4.69, 9.17) is 4.74 Å². The van der Waals surface area contributed by atoms with E-state index in [9.17, 15) is 9.18 Å². The van der Waals surface area contributed by atoms with Crippen LogP contribution in [0.2, 0.25) is 0 Å². The van der Waals surface area contributed by atoms with Gasteiger partial charge in [-0.1, -0.05) is 53.7 Å². The van der Waals surface area contributed by atoms with Crippen LogP contribution < -0.4 is 10.1 Å². The van der Waals surface area contributed by atoms with Crippen LogP contribution >= 0.6 is 0 Å². The fourth-order valence-corrected chi connectivity index (χ4v) is 4.22. The first-order chi connectivity index (χ1) is 17.0. The van der Waals surface area contributed by atoms with Gasteiger partial charge < -0.3 is 10.1 Å². The van der Waals surface area contributed by atoms with Gasteiger partial charge in [-0.2, -0.15) is 0 Å². The normalized spacial score (nSPS) is 12.1. The van der Waals surface area contributed by atoms with Crippen molar-refractivity contribution < 1.29 is 13.9 Å². The number of pyridine rings is 1. The van der Waals surface area contributed by atoms with Gasteiger partial charge in [0.2, 0.25) is 0 Å². The summed E-state index contributed by atoms with van der Waals surface area (Å²) in [7, 11) is 0. The number of aromatic nitrogens is 1. The zero-order valence-electron chi connectivity index (χ0n) is 22.9. The topological polar surface area (TPSA) is 51.2 Å². The van der Waals surface area contributed by atoms with Crippen LogP contribution in [-0.2, 0) is 10.8 Å². The van der Waals surface area contributed by atoms with Gasteiger partial charge in [-0.25, -0.2) is 4.39 Å². The molecule has 1 aromatic heterocycles. The first-order valence-corrected chi connectivity index (χ1v) is 13.1. The van der Waals surface area contributed by atoms with E-state index in [1.165, 1.54) is 23.3 Å². The molecule has 4 nitrogen and oxygen atoms in total. The number of aryl methyl sites for hydroxylation is 1. The highest BCUT2D eigenvalue weighted by molar-refractivity contribution is 6.06. The molecule has 0 radical (unpaired) electrons. The van der Waals surface area contributed by atoms with Gasteiger partial charge >= 0.3 is 0 Å². The number of hydrogen-bond acceptors (Lipinski definition) is 3. The molecule has 0 saturated heterocycles. The number of unbranched alkanes of at least 4 members (excludes halogenated alkanes) is 1. The van der Waals surface area contributed by atoms with E-state index in [1.807, 2.05) is 6.92 Å². The van der Waals surface area contributed by atoms with Crippen molar-refractivity contribution in [3.05, 3.63) is 70.7 Å². The van der Waals surface area contributed by atoms with Crippen LogP contribution in [0.5, 0.6) is 5.75 Å². The molecular formula is C31H41FN2O2. The maximum absolute atomic E-state index is 13.8. The number of amides is 1. The van der Waals surface area contributed by atoms with Gasteiger partial charge in [0.05, 0.1) is 17.7 Å². The second kappa shape index (κ2) is 11.4. The molecule has 0 aliphatic heterocycles. The zero-order valence-corrected chi connectivity index (χ0v) is 22.9. The summed E-state index contributed by atoms with van der Waals surface area (Å²) >= 11 is 0. The molecule has 0 fully saturated rings. The predicted octanol–water partition coefficient (Wildman–Crippen LogP) is 7.65. The van der Waals surface area contributed by atoms with Crippen molar-refractivity contribution in [3.63, 3.8) is 0 Å². The summed E-state index contributed by atoms with van der Waals surface area (Å²) in [6.45, 7) is 16.5. The van der Waals surface area contributed by atoms with E-state index < -0.39 is 0 Å². The SMILES string of the molecule is CCC(C)(C)c1ccc(OCCCCNC(=O)c2cc(C)nc3ccc(F)cc23)c(C(C)(C)CC)c1. The molecule has 0 aliphatic carbocycles. The summed E-state index contributed by atoms with van der Waals surface area (Å²) in [5.74, 6) is 0.358. The summed E-state index contributed by atoms with van der Waals surface area (Å²) in [6, 6.07) is 12.7. The van der Waals surface area contributed by atoms with Crippen molar-refractivity contribution in [3.8, 4) is 5.75 Å². The van der Waals surface area contributed by atoms with Crippen LogP contribution in [0.3, 0.4) is 0 Å². The Labute approximate surface area is 215 Å². The molecule has 194 valence electrons. The number of hydrogen-bond donors (Lipinski definition) is 1. The Morgan fingerprint density at radius 3 is 2.39 bits per heavy atom. The third-order valence-electron chi connectivity index (χ3n) is 7.52. The quantitative estimate of drug-likeness (QED) is 0.280. The monoisotopic (exact) mass is 492 g/mol. The number of carbonyl (C=O) groups excluding carboxylic acids is 1. The highest BCUT2D eigenvalue weighted by atomic mass is 19.1. The molecule has 0 spiro atoms. The number of nitrogens with zero attached hydrogens (tertiary/aromatic N) is 1. The number of carbonyl (C=O) groups is 1. The summed E-state index contributed by atoms with van der Waals surface area (Å²) in [6.07, 6.45) is 3.71. The molecule has 36 heavy (non-hydrogen) atoms. The van der Waals surface area contributed by atoms with Crippen molar-refractivity contribution >= 4 is 16.8 Å². The standard InChI is InChI=1S/C31H41FN2O2/c1-8-30(4,5)22-12-15-28(26(19-22)31(6,7)9-2)36-17-11-10-16-33-29(35)25-18-21(3)34-27-14-13-23(32)20-24(25)27/h12-15,18-20H,8-11,16-17H2,1-7H3,(H,33,35). The lowest BCUT2D eigenvalue weighted by atomic mass is 9.76. The summed E-state index contributed by atoms with van der Waals surface area (Å²) in [4.78, 5) is 17.2. The molecule has 0 atom stereocenters. The lowest BCUT2D eigenvalue weighted by molar-refractivity contribution is 0.0954. The van der Waals surface area contributed by atoms with Gasteiger partial charge in [0.25, 0.3) is 5.91 Å². The van der Waals surface area contributed by atoms with Gasteiger partial charge in [0, 0.05) is 23.2 Å². The number of ether oxygens (including phenoxy) is 1. The lowest BCUT2D eigenvalue weighted by Crippen LogP contribution is -2.25. The fraction of sp³-hybridized carbons (Fsp3) is 0.484. The highest BCUT2D eigenvalue weighted by Gasteiger charge is 2.26. The molecule has 3 aromatic rings. The Balaban J connectivity index is 1.59. The summed E-state index contributed by atoms with van der Waals surface area (Å²) < 4.78 is 20.0. The van der Waals surface area contributed by atoms with Crippen molar-refractivity contribution in [1.29, 1.82) is 0 Å². The maximum atomic E-state index is 13.8. The van der Waals surface area contributed by atoms with E-state index in [2.05, 4.69) is 70.0 Å². The first kappa shape index (κ1) is 27.6. The summed E-state index contributed by atoms with van der Waals surface area (Å²) in [5, 5.41) is 3.50. The molecule has 0 aliphatic rings. The minimum Gasteiger partial charge on any atom is -0.493 e. The molecule has 1 N–H and O–H groups in total. The smallest absolute Gasteiger partial charge is 0.252 e. The average Bonchev–Trinajstić information content (AvgIpc) is 2.85. The van der Waals surface area contributed by atoms with Crippen LogP contribution in [0.4, 0.5) is 4.39 Å². The molecule has 1 heterocycles. The van der Waals surface area contributed by atoms with Crippen LogP contribution in [-0.4, -0.2) is 24.0 Å². The average molecular weight is 493 g/mol. The molecular weight excluding hydrogens is 451 g/mol. The number of benzene rings is 2. The molecule has 3 rings (SSSR count). The fourth-order valence-electron chi connectivity index (χ4n) is 4.22. The molecule has 0 saturated carbocycles. The number of rotatable bonds is 11. The van der Waals surface area contributed by atoms with E-state index >= 15 is 0 Å². The number of halogens is 1. The van der Waals surface area contributed by atoms with Gasteiger partial charge in [0.15, 0.2) is 0 Å². The number of nitrogens with one attached hydrogen (secondary N) is 1. The molecule has 0 bridgehead atoms. The Morgan fingerprint density at radius 1 is 0.972 bits per heavy atom. The van der Waals surface area contributed by atoms with E-state index in [0.29, 0.717) is 29.6 Å². The summed E-state index contributed by atoms with van der Waals surface area (Å²) in [5.41, 5.74) is 4.55. The van der Waals surface area contributed by atoms with Crippen LogP contribution in [0, 0.1) is 12.7 Å². The van der Waals surface area contributed by atoms with Crippen LogP contribution in [0.1, 0.15) is 94.4 Å². The Morgan fingerprint density at radius 2 is 1.69 bits per heavy atom. The Hall–Kier alpha value is -2.95. The van der Waals surface area contributed by atoms with Gasteiger partial charge in [-0.05, 0) is 79.3 Å². The maximum Gasteiger partial charge on any atom is 0.252 e. The van der Waals surface area contributed by atoms with Gasteiger partial charge in [-0.3, -0.25) is 9.78 Å². The minimum atomic E-state index is -0.378. The first-order valence-electron chi connectivity index (χ1n) is 13.1. The second-order valence-electron chi connectivity index (χ2n) is 11.0. The Kier molecular flexibility index (Phi) is 8.76. The van der Waals surface area contributed by atoms with Crippen molar-refractivity contribution in [2.45, 2.75) is 85.0 Å². The lowest BCUT2D eigenvalue weighted by Gasteiger charge is -2.30. The molecule has 2 aromatic carbocycles. The van der Waals surface area contributed by atoms with Crippen molar-refractivity contribution in [2.24, 2.45) is 0 Å². The minimum absolute atomic E-state index is 0.0219. The van der Waals surface area contributed by atoms with Gasteiger partial charge in [0.1, 0.15) is 11.6 Å². The third-order valence-corrected chi connectivity index (χ3v) is 7.52. The van der Waals surface area contributed by atoms with E-state index in [0.717, 1.165) is 37.1 Å². The molecule has 5 heteroatoms. The van der Waals surface area contributed by atoms with Crippen molar-refractivity contribution in [2.75, 3.05) is 13.2 Å². The number of fused-ring (bicyclic) bond motifs is 1. The molecule has 0 unspecified atom stereocenters. The second-order valence-corrected chi connectivity index (χ2v) is 11.0. The van der Waals surface area contributed by atoms with Crippen molar-refractivity contribution in [1.82, 2.24) is 10.3 Å². The predicted molar refractivity (Wildman–Crippen MR) is 147 cm³/mol. The highest BCUT2D eigenvalue weighted by Crippen LogP contribution is 2.38. The van der Waals surface area contributed by atoms with E-state index in [-0.39, 0.29) is 22.6 Å². The third kappa shape index (κ3) is 6.43. The molecule has 1 amide bonds. The van der Waals surface area contributed by atoms with Crippen LogP contribution in [0.15, 0.2) is 42.5 Å². The van der Waals surface area contributed by atoms with Crippen LogP contribution in [0.25, 0.3) is 10.9 Å². The largest absolute Gasteiger partial charge is 0.493 e.